The quantitative estimate of drug-likeness (QED) is 0.185. The number of benzene rings is 3. The Morgan fingerprint density at radius 2 is 1.72 bits per heavy atom. The van der Waals surface area contributed by atoms with Crippen LogP contribution in [0.5, 0.6) is 11.5 Å². The Labute approximate surface area is 250 Å². The highest BCUT2D eigenvalue weighted by molar-refractivity contribution is 9.10. The molecule has 0 fully saturated rings. The summed E-state index contributed by atoms with van der Waals surface area (Å²) in [4.78, 5) is 12.8. The predicted molar refractivity (Wildman–Crippen MR) is 161 cm³/mol. The summed E-state index contributed by atoms with van der Waals surface area (Å²) >= 11 is 21.8. The van der Waals surface area contributed by atoms with Crippen LogP contribution in [0.4, 0.5) is 5.69 Å². The highest BCUT2D eigenvalue weighted by atomic mass is 79.9. The van der Waals surface area contributed by atoms with E-state index in [9.17, 15) is 4.79 Å². The average molecular weight is 650 g/mol. The van der Waals surface area contributed by atoms with Crippen molar-refractivity contribution in [3.63, 3.8) is 0 Å². The molecule has 0 aliphatic carbocycles. The third-order valence-electron chi connectivity index (χ3n) is 5.97. The van der Waals surface area contributed by atoms with Crippen molar-refractivity contribution in [3.8, 4) is 11.5 Å². The topological polar surface area (TPSA) is 65.4 Å². The molecule has 0 atom stereocenters. The fraction of sp³-hybridized carbons (Fsp3) is 0.172. The number of aryl methyl sites for hydroxylation is 1. The summed E-state index contributed by atoms with van der Waals surface area (Å²) in [7, 11) is 1.60. The number of nitrogens with one attached hydrogen (secondary N) is 1. The number of carbonyl (C=O) groups is 1. The molecular weight excluding hydrogens is 625 g/mol. The van der Waals surface area contributed by atoms with Gasteiger partial charge >= 0.3 is 0 Å². The number of aromatic nitrogens is 2. The van der Waals surface area contributed by atoms with Gasteiger partial charge in [0.25, 0.3) is 0 Å². The Kier molecular flexibility index (Phi) is 9.62. The first-order chi connectivity index (χ1) is 18.6. The first-order valence-corrected chi connectivity index (χ1v) is 13.8. The summed E-state index contributed by atoms with van der Waals surface area (Å²) in [5.74, 6) is 1.07. The lowest BCUT2D eigenvalue weighted by Crippen LogP contribution is -2.10. The third-order valence-corrected chi connectivity index (χ3v) is 7.42. The third kappa shape index (κ3) is 7.37. The molecule has 0 saturated heterocycles. The number of amides is 1. The van der Waals surface area contributed by atoms with Crippen LogP contribution in [-0.2, 0) is 17.9 Å². The normalized spacial score (nSPS) is 11.2. The molecule has 0 saturated carbocycles. The maximum atomic E-state index is 12.8. The van der Waals surface area contributed by atoms with Crippen molar-refractivity contribution in [1.82, 2.24) is 9.78 Å². The molecule has 202 valence electrons. The van der Waals surface area contributed by atoms with Crippen molar-refractivity contribution in [1.29, 1.82) is 0 Å². The Bertz CT molecular complexity index is 1550. The maximum absolute atomic E-state index is 12.8. The van der Waals surface area contributed by atoms with Gasteiger partial charge in [-0.25, -0.2) is 0 Å². The van der Waals surface area contributed by atoms with Gasteiger partial charge in [-0.1, -0.05) is 46.9 Å². The Hall–Kier alpha value is -2.97. The summed E-state index contributed by atoms with van der Waals surface area (Å²) in [5.41, 5.74) is 4.71. The molecule has 3 aromatic carbocycles. The molecule has 39 heavy (non-hydrogen) atoms. The Morgan fingerprint density at radius 3 is 2.44 bits per heavy atom. The fourth-order valence-corrected chi connectivity index (χ4v) is 5.21. The molecule has 10 heteroatoms. The van der Waals surface area contributed by atoms with Gasteiger partial charge in [0.05, 0.1) is 35.2 Å². The molecule has 1 N–H and O–H groups in total. The minimum atomic E-state index is -0.274. The molecule has 0 aliphatic rings. The van der Waals surface area contributed by atoms with Crippen molar-refractivity contribution in [2.75, 3.05) is 12.4 Å². The van der Waals surface area contributed by atoms with E-state index in [-0.39, 0.29) is 12.5 Å². The summed E-state index contributed by atoms with van der Waals surface area (Å²) < 4.78 is 14.0. The van der Waals surface area contributed by atoms with Crippen molar-refractivity contribution in [2.45, 2.75) is 27.0 Å². The average Bonchev–Trinajstić information content (AvgIpc) is 3.15. The van der Waals surface area contributed by atoms with Crippen LogP contribution in [0.2, 0.25) is 15.1 Å². The number of anilines is 1. The number of hydrogen-bond acceptors (Lipinski definition) is 4. The molecule has 1 aromatic heterocycles. The highest BCUT2D eigenvalue weighted by Gasteiger charge is 2.15. The van der Waals surface area contributed by atoms with Gasteiger partial charge in [0.15, 0.2) is 0 Å². The second-order valence-corrected chi connectivity index (χ2v) is 10.8. The second-order valence-electron chi connectivity index (χ2n) is 8.70. The van der Waals surface area contributed by atoms with E-state index in [1.165, 1.54) is 6.08 Å². The number of carbonyl (C=O) groups excluding carboxylic acids is 1. The Balaban J connectivity index is 1.45. The Morgan fingerprint density at radius 1 is 1.00 bits per heavy atom. The molecule has 1 amide bonds. The maximum Gasteiger partial charge on any atom is 0.248 e. The minimum absolute atomic E-state index is 0.270. The van der Waals surface area contributed by atoms with Crippen molar-refractivity contribution in [3.05, 3.63) is 108 Å². The molecule has 0 bridgehead atoms. The monoisotopic (exact) mass is 647 g/mol. The van der Waals surface area contributed by atoms with Crippen LogP contribution in [0.15, 0.2) is 65.1 Å². The number of ether oxygens (including phenoxy) is 2. The summed E-state index contributed by atoms with van der Waals surface area (Å²) in [6.45, 7) is 4.48. The van der Waals surface area contributed by atoms with E-state index in [2.05, 4.69) is 26.3 Å². The van der Waals surface area contributed by atoms with Crippen LogP contribution in [0, 0.1) is 13.8 Å². The first-order valence-electron chi connectivity index (χ1n) is 11.9. The summed E-state index contributed by atoms with van der Waals surface area (Å²) in [6.07, 6.45) is 3.22. The number of nitrogens with zero attached hydrogens (tertiary/aromatic N) is 2. The SMILES string of the molecule is COc1ccc(/C=C\C(=O)Nc2c(C)nn(Cc3ccc(Cl)cc3Cl)c2C)cc1COc1ccc(Cl)cc1Br. The zero-order valence-electron chi connectivity index (χ0n) is 21.4. The van der Waals surface area contributed by atoms with E-state index < -0.39 is 0 Å². The zero-order valence-corrected chi connectivity index (χ0v) is 25.2. The van der Waals surface area contributed by atoms with Crippen LogP contribution in [0.1, 0.15) is 28.1 Å². The standard InChI is InChI=1S/C29H25BrCl3N3O3/c1-17-29(18(2)36(35-17)15-20-6-7-23(32)14-25(20)33)34-28(37)11-5-19-4-9-26(38-3)21(12-19)16-39-27-10-8-22(31)13-24(27)30/h4-14H,15-16H2,1-3H3,(H,34,37)/b11-5-. The van der Waals surface area contributed by atoms with Gasteiger partial charge in [0.1, 0.15) is 18.1 Å². The van der Waals surface area contributed by atoms with Gasteiger partial charge in [0, 0.05) is 26.7 Å². The zero-order chi connectivity index (χ0) is 28.1. The van der Waals surface area contributed by atoms with Gasteiger partial charge in [-0.05, 0) is 89.4 Å². The molecule has 6 nitrogen and oxygen atoms in total. The lowest BCUT2D eigenvalue weighted by Gasteiger charge is -2.12. The summed E-state index contributed by atoms with van der Waals surface area (Å²) in [5, 5.41) is 9.27. The fourth-order valence-electron chi connectivity index (χ4n) is 3.94. The molecule has 0 aliphatic heterocycles. The first kappa shape index (κ1) is 29.0. The van der Waals surface area contributed by atoms with Crippen molar-refractivity contribution >= 4 is 68.4 Å². The summed E-state index contributed by atoms with van der Waals surface area (Å²) in [6, 6.07) is 16.3. The number of hydrogen-bond donors (Lipinski definition) is 1. The number of rotatable bonds is 9. The van der Waals surface area contributed by atoms with E-state index in [1.807, 2.05) is 38.1 Å². The van der Waals surface area contributed by atoms with Gasteiger partial charge in [-0.15, -0.1) is 0 Å². The number of methoxy groups -OCH3 is 1. The van der Waals surface area contributed by atoms with Gasteiger partial charge in [-0.2, -0.15) is 5.10 Å². The van der Waals surface area contributed by atoms with E-state index >= 15 is 0 Å². The molecule has 0 spiro atoms. The second kappa shape index (κ2) is 12.9. The van der Waals surface area contributed by atoms with Gasteiger partial charge in [-0.3, -0.25) is 9.48 Å². The molecule has 0 radical (unpaired) electrons. The minimum Gasteiger partial charge on any atom is -0.496 e. The van der Waals surface area contributed by atoms with Crippen LogP contribution in [-0.4, -0.2) is 22.8 Å². The molecule has 0 unspecified atom stereocenters. The lowest BCUT2D eigenvalue weighted by molar-refractivity contribution is -0.111. The van der Waals surface area contributed by atoms with E-state index in [0.29, 0.717) is 44.5 Å². The van der Waals surface area contributed by atoms with Crippen molar-refractivity contribution in [2.24, 2.45) is 0 Å². The number of halogens is 4. The largest absolute Gasteiger partial charge is 0.496 e. The highest BCUT2D eigenvalue weighted by Crippen LogP contribution is 2.30. The van der Waals surface area contributed by atoms with Crippen LogP contribution in [0.25, 0.3) is 6.08 Å². The van der Waals surface area contributed by atoms with Crippen LogP contribution < -0.4 is 14.8 Å². The molecule has 1 heterocycles. The van der Waals surface area contributed by atoms with Crippen LogP contribution >= 0.6 is 50.7 Å². The van der Waals surface area contributed by atoms with Gasteiger partial charge in [0.2, 0.25) is 5.91 Å². The molecule has 4 aromatic rings. The molecule has 4 rings (SSSR count). The van der Waals surface area contributed by atoms with Crippen LogP contribution in [0.3, 0.4) is 0 Å². The lowest BCUT2D eigenvalue weighted by atomic mass is 10.1. The predicted octanol–water partition coefficient (Wildman–Crippen LogP) is 8.51. The van der Waals surface area contributed by atoms with E-state index in [1.54, 1.807) is 48.2 Å². The smallest absolute Gasteiger partial charge is 0.248 e. The van der Waals surface area contributed by atoms with Crippen molar-refractivity contribution < 1.29 is 14.3 Å². The molecular formula is C29H25BrCl3N3O3. The van der Waals surface area contributed by atoms with E-state index in [4.69, 9.17) is 44.3 Å². The van der Waals surface area contributed by atoms with Gasteiger partial charge < -0.3 is 14.8 Å². The van der Waals surface area contributed by atoms with E-state index in [0.717, 1.165) is 26.9 Å².